The fraction of sp³-hybridized carbons (Fsp3) is 0.476. The third-order valence-corrected chi connectivity index (χ3v) is 5.66. The SMILES string of the molecule is FC(F)(F)c1ccc(CNCC2(CNC3C[C@@H]3c3ccccc3)CC2)cn1. The number of nitrogens with one attached hydrogen (secondary N) is 2. The Morgan fingerprint density at radius 1 is 1.04 bits per heavy atom. The van der Waals surface area contributed by atoms with E-state index in [0.29, 0.717) is 23.9 Å². The molecular weight excluding hydrogens is 351 g/mol. The summed E-state index contributed by atoms with van der Waals surface area (Å²) in [5.74, 6) is 0.633. The van der Waals surface area contributed by atoms with Crippen LogP contribution in [0.25, 0.3) is 0 Å². The molecule has 0 radical (unpaired) electrons. The van der Waals surface area contributed by atoms with Gasteiger partial charge in [-0.25, -0.2) is 0 Å². The molecule has 1 aromatic carbocycles. The van der Waals surface area contributed by atoms with Crippen LogP contribution in [0.4, 0.5) is 13.2 Å². The van der Waals surface area contributed by atoms with E-state index in [2.05, 4.69) is 39.9 Å². The van der Waals surface area contributed by atoms with Crippen molar-refractivity contribution < 1.29 is 13.2 Å². The summed E-state index contributed by atoms with van der Waals surface area (Å²) in [4.78, 5) is 3.51. The fourth-order valence-electron chi connectivity index (χ4n) is 3.60. The van der Waals surface area contributed by atoms with E-state index in [0.717, 1.165) is 24.7 Å². The molecule has 2 aliphatic carbocycles. The minimum absolute atomic E-state index is 0.295. The molecule has 144 valence electrons. The number of benzene rings is 1. The zero-order valence-corrected chi connectivity index (χ0v) is 15.1. The van der Waals surface area contributed by atoms with Gasteiger partial charge in [-0.2, -0.15) is 13.2 Å². The third kappa shape index (κ3) is 4.68. The van der Waals surface area contributed by atoms with Gasteiger partial charge in [0.05, 0.1) is 0 Å². The van der Waals surface area contributed by atoms with E-state index in [9.17, 15) is 13.2 Å². The van der Waals surface area contributed by atoms with Crippen molar-refractivity contribution in [2.75, 3.05) is 13.1 Å². The number of alkyl halides is 3. The molecule has 27 heavy (non-hydrogen) atoms. The topological polar surface area (TPSA) is 37.0 Å². The van der Waals surface area contributed by atoms with Crippen molar-refractivity contribution in [1.82, 2.24) is 15.6 Å². The highest BCUT2D eigenvalue weighted by Gasteiger charge is 2.45. The smallest absolute Gasteiger partial charge is 0.313 e. The van der Waals surface area contributed by atoms with Gasteiger partial charge >= 0.3 is 6.18 Å². The molecule has 2 aromatic rings. The molecule has 0 saturated heterocycles. The van der Waals surface area contributed by atoms with Crippen molar-refractivity contribution in [3.05, 3.63) is 65.5 Å². The van der Waals surface area contributed by atoms with Crippen LogP contribution in [0.5, 0.6) is 0 Å². The number of hydrogen-bond donors (Lipinski definition) is 2. The lowest BCUT2D eigenvalue weighted by Gasteiger charge is -2.17. The van der Waals surface area contributed by atoms with Crippen LogP contribution in [-0.4, -0.2) is 24.1 Å². The van der Waals surface area contributed by atoms with Crippen LogP contribution in [-0.2, 0) is 12.7 Å². The molecule has 1 aromatic heterocycles. The standard InChI is InChI=1S/C21H24F3N3/c22-21(23,24)19-7-6-15(12-26-19)11-25-13-20(8-9-20)14-27-18-10-17(18)16-4-2-1-3-5-16/h1-7,12,17-18,25,27H,8-11,13-14H2/t17-,18?/m1/s1. The van der Waals surface area contributed by atoms with Gasteiger partial charge in [-0.3, -0.25) is 4.98 Å². The summed E-state index contributed by atoms with van der Waals surface area (Å²) in [6.45, 7) is 2.42. The lowest BCUT2D eigenvalue weighted by atomic mass is 10.1. The predicted octanol–water partition coefficient (Wildman–Crippen LogP) is 4.12. The number of rotatable bonds is 8. The first-order valence-corrected chi connectivity index (χ1v) is 9.46. The number of halogens is 3. The van der Waals surface area contributed by atoms with Gasteiger partial charge in [0, 0.05) is 37.8 Å². The molecule has 1 heterocycles. The zero-order chi connectivity index (χ0) is 18.9. The minimum Gasteiger partial charge on any atom is -0.313 e. The molecule has 0 spiro atoms. The molecule has 2 saturated carbocycles. The quantitative estimate of drug-likeness (QED) is 0.729. The van der Waals surface area contributed by atoms with Gasteiger partial charge in [0.1, 0.15) is 5.69 Å². The van der Waals surface area contributed by atoms with Crippen LogP contribution >= 0.6 is 0 Å². The Morgan fingerprint density at radius 2 is 1.81 bits per heavy atom. The first-order chi connectivity index (χ1) is 13.0. The Morgan fingerprint density at radius 3 is 2.44 bits per heavy atom. The van der Waals surface area contributed by atoms with Crippen molar-refractivity contribution in [3.8, 4) is 0 Å². The second-order valence-electron chi connectivity index (χ2n) is 7.89. The maximum atomic E-state index is 12.5. The predicted molar refractivity (Wildman–Crippen MR) is 98.2 cm³/mol. The number of aromatic nitrogens is 1. The second kappa shape index (κ2) is 7.24. The van der Waals surface area contributed by atoms with Gasteiger partial charge in [-0.1, -0.05) is 36.4 Å². The van der Waals surface area contributed by atoms with Crippen LogP contribution in [0.3, 0.4) is 0 Å². The molecule has 2 fully saturated rings. The van der Waals surface area contributed by atoms with Gasteiger partial charge in [0.2, 0.25) is 0 Å². The van der Waals surface area contributed by atoms with E-state index < -0.39 is 11.9 Å². The highest BCUT2D eigenvalue weighted by Crippen LogP contribution is 2.46. The zero-order valence-electron chi connectivity index (χ0n) is 15.1. The van der Waals surface area contributed by atoms with E-state index in [1.54, 1.807) is 0 Å². The van der Waals surface area contributed by atoms with Gasteiger partial charge in [-0.15, -0.1) is 0 Å². The van der Waals surface area contributed by atoms with Crippen molar-refractivity contribution in [1.29, 1.82) is 0 Å². The van der Waals surface area contributed by atoms with E-state index in [1.165, 1.54) is 37.1 Å². The molecule has 0 aliphatic heterocycles. The van der Waals surface area contributed by atoms with Crippen molar-refractivity contribution in [2.24, 2.45) is 5.41 Å². The lowest BCUT2D eigenvalue weighted by Crippen LogP contribution is -2.34. The highest BCUT2D eigenvalue weighted by molar-refractivity contribution is 5.27. The maximum Gasteiger partial charge on any atom is 0.433 e. The van der Waals surface area contributed by atoms with Crippen LogP contribution in [0.1, 0.15) is 42.0 Å². The van der Waals surface area contributed by atoms with Crippen LogP contribution < -0.4 is 10.6 Å². The van der Waals surface area contributed by atoms with Crippen LogP contribution in [0.2, 0.25) is 0 Å². The maximum absolute atomic E-state index is 12.5. The molecule has 3 nitrogen and oxygen atoms in total. The molecule has 4 rings (SSSR count). The second-order valence-corrected chi connectivity index (χ2v) is 7.89. The molecule has 0 amide bonds. The number of nitrogens with zero attached hydrogens (tertiary/aromatic N) is 1. The average molecular weight is 375 g/mol. The Balaban J connectivity index is 1.19. The van der Waals surface area contributed by atoms with Gasteiger partial charge in [-0.05, 0) is 41.9 Å². The van der Waals surface area contributed by atoms with E-state index in [1.807, 2.05) is 6.07 Å². The minimum atomic E-state index is -4.38. The molecule has 2 aliphatic rings. The molecule has 1 unspecified atom stereocenters. The van der Waals surface area contributed by atoms with E-state index in [-0.39, 0.29) is 0 Å². The summed E-state index contributed by atoms with van der Waals surface area (Å²) >= 11 is 0. The Labute approximate surface area is 157 Å². The summed E-state index contributed by atoms with van der Waals surface area (Å²) < 4.78 is 37.6. The summed E-state index contributed by atoms with van der Waals surface area (Å²) in [7, 11) is 0. The first-order valence-electron chi connectivity index (χ1n) is 9.46. The number of pyridine rings is 1. The highest BCUT2D eigenvalue weighted by atomic mass is 19.4. The first kappa shape index (κ1) is 18.4. The summed E-state index contributed by atoms with van der Waals surface area (Å²) in [5, 5.41) is 7.09. The van der Waals surface area contributed by atoms with Crippen molar-refractivity contribution in [2.45, 2.75) is 43.9 Å². The van der Waals surface area contributed by atoms with Crippen molar-refractivity contribution in [3.63, 3.8) is 0 Å². The summed E-state index contributed by atoms with van der Waals surface area (Å²) in [6.07, 6.45) is 0.519. The largest absolute Gasteiger partial charge is 0.433 e. The van der Waals surface area contributed by atoms with E-state index in [4.69, 9.17) is 0 Å². The van der Waals surface area contributed by atoms with E-state index >= 15 is 0 Å². The average Bonchev–Trinajstić information content (AvgIpc) is 3.57. The van der Waals surface area contributed by atoms with Gasteiger partial charge in [0.25, 0.3) is 0 Å². The Hall–Kier alpha value is -1.92. The summed E-state index contributed by atoms with van der Waals surface area (Å²) in [6, 6.07) is 13.7. The molecule has 6 heteroatoms. The number of hydrogen-bond acceptors (Lipinski definition) is 3. The fourth-order valence-corrected chi connectivity index (χ4v) is 3.60. The molecular formula is C21H24F3N3. The summed E-state index contributed by atoms with van der Waals surface area (Å²) in [5.41, 5.74) is 1.64. The third-order valence-electron chi connectivity index (χ3n) is 5.66. The van der Waals surface area contributed by atoms with Crippen molar-refractivity contribution >= 4 is 0 Å². The van der Waals surface area contributed by atoms with Gasteiger partial charge in [0.15, 0.2) is 0 Å². The monoisotopic (exact) mass is 375 g/mol. The Kier molecular flexibility index (Phi) is 4.95. The lowest BCUT2D eigenvalue weighted by molar-refractivity contribution is -0.141. The van der Waals surface area contributed by atoms with Crippen LogP contribution in [0, 0.1) is 5.41 Å². The Bertz CT molecular complexity index is 754. The van der Waals surface area contributed by atoms with Crippen LogP contribution in [0.15, 0.2) is 48.7 Å². The molecule has 2 N–H and O–H groups in total. The normalized spacial score (nSPS) is 23.2. The molecule has 2 atom stereocenters. The molecule has 0 bridgehead atoms. The van der Waals surface area contributed by atoms with Gasteiger partial charge < -0.3 is 10.6 Å².